The molecule has 0 radical (unpaired) electrons. The molecular formula is C48H80N+. The first kappa shape index (κ1) is 43.0. The van der Waals surface area contributed by atoms with Gasteiger partial charge >= 0.3 is 0 Å². The maximum atomic E-state index is 2.45. The summed E-state index contributed by atoms with van der Waals surface area (Å²) in [6.45, 7) is 7.01. The van der Waals surface area contributed by atoms with Gasteiger partial charge in [-0.1, -0.05) is 177 Å². The Kier molecular flexibility index (Phi) is 28.0. The lowest BCUT2D eigenvalue weighted by molar-refractivity contribution is 0.354. The second-order valence-electron chi connectivity index (χ2n) is 15.0. The smallest absolute Gasteiger partial charge is 0.137 e. The number of unbranched alkanes of at least 4 members (excludes halogenated alkanes) is 24. The van der Waals surface area contributed by atoms with Crippen LogP contribution in [0.4, 0.5) is 11.4 Å². The van der Waals surface area contributed by atoms with E-state index in [-0.39, 0.29) is 0 Å². The summed E-state index contributed by atoms with van der Waals surface area (Å²) < 4.78 is 1.01. The van der Waals surface area contributed by atoms with E-state index < -0.39 is 0 Å². The topological polar surface area (TPSA) is 0 Å². The lowest BCUT2D eigenvalue weighted by Gasteiger charge is -2.38. The molecule has 0 saturated heterocycles. The van der Waals surface area contributed by atoms with Crippen molar-refractivity contribution in [3.8, 4) is 0 Å². The van der Waals surface area contributed by atoms with Crippen LogP contribution in [0.25, 0.3) is 0 Å². The minimum absolute atomic E-state index is 1.01. The Labute approximate surface area is 306 Å². The molecule has 0 fully saturated rings. The molecule has 2 aromatic rings. The largest absolute Gasteiger partial charge is 0.259 e. The van der Waals surface area contributed by atoms with E-state index in [0.29, 0.717) is 0 Å². The van der Waals surface area contributed by atoms with Gasteiger partial charge in [-0.3, -0.25) is 4.48 Å². The van der Waals surface area contributed by atoms with Crippen molar-refractivity contribution in [3.63, 3.8) is 0 Å². The van der Waals surface area contributed by atoms with Crippen LogP contribution >= 0.6 is 0 Å². The highest BCUT2D eigenvalue weighted by Crippen LogP contribution is 2.36. The fraction of sp³-hybridized carbons (Fsp3) is 0.667. The van der Waals surface area contributed by atoms with Crippen LogP contribution in [-0.2, 0) is 0 Å². The maximum absolute atomic E-state index is 2.45. The van der Waals surface area contributed by atoms with Crippen molar-refractivity contribution in [2.24, 2.45) is 0 Å². The first-order valence-corrected chi connectivity index (χ1v) is 21.6. The summed E-state index contributed by atoms with van der Waals surface area (Å²) >= 11 is 0. The average Bonchev–Trinajstić information content (AvgIpc) is 3.14. The predicted molar refractivity (Wildman–Crippen MR) is 223 cm³/mol. The molecule has 2 rings (SSSR count). The first-order chi connectivity index (χ1) is 24.3. The Hall–Kier alpha value is -2.12. The predicted octanol–water partition coefficient (Wildman–Crippen LogP) is 16.4. The molecule has 2 aromatic carbocycles. The molecular weight excluding hydrogens is 591 g/mol. The third kappa shape index (κ3) is 21.6. The van der Waals surface area contributed by atoms with Gasteiger partial charge in [-0.05, 0) is 101 Å². The van der Waals surface area contributed by atoms with Crippen LogP contribution in [0.2, 0.25) is 0 Å². The number of hydrogen-bond acceptors (Lipinski definition) is 0. The molecule has 0 spiro atoms. The van der Waals surface area contributed by atoms with E-state index >= 15 is 0 Å². The number of rotatable bonds is 34. The Morgan fingerprint density at radius 1 is 0.327 bits per heavy atom. The van der Waals surface area contributed by atoms with E-state index in [0.717, 1.165) is 4.48 Å². The molecule has 0 aliphatic heterocycles. The van der Waals surface area contributed by atoms with Gasteiger partial charge in [0.05, 0.1) is 13.1 Å². The molecule has 0 unspecified atom stereocenters. The van der Waals surface area contributed by atoms with Gasteiger partial charge in [-0.15, -0.1) is 0 Å². The summed E-state index contributed by atoms with van der Waals surface area (Å²) in [6.07, 6.45) is 48.0. The van der Waals surface area contributed by atoms with Gasteiger partial charge in [-0.2, -0.15) is 0 Å². The molecule has 1 heteroatoms. The molecule has 0 saturated carbocycles. The van der Waals surface area contributed by atoms with Gasteiger partial charge in [0.2, 0.25) is 0 Å². The van der Waals surface area contributed by atoms with Crippen LogP contribution < -0.4 is 4.48 Å². The molecule has 0 N–H and O–H groups in total. The lowest BCUT2D eigenvalue weighted by atomic mass is 10.0. The zero-order valence-electron chi connectivity index (χ0n) is 32.7. The number of nitrogens with zero attached hydrogens (tertiary/aromatic N) is 1. The van der Waals surface area contributed by atoms with Crippen molar-refractivity contribution in [2.45, 2.75) is 194 Å². The Bertz CT molecular complexity index is 922. The normalized spacial score (nSPS) is 12.1. The van der Waals surface area contributed by atoms with E-state index in [2.05, 4.69) is 98.8 Å². The van der Waals surface area contributed by atoms with E-state index in [1.165, 1.54) is 204 Å². The number of hydrogen-bond donors (Lipinski definition) is 0. The summed E-state index contributed by atoms with van der Waals surface area (Å²) in [7, 11) is 0. The van der Waals surface area contributed by atoms with Crippen LogP contribution in [-0.4, -0.2) is 13.1 Å². The molecule has 0 bridgehead atoms. The number of allylic oxidation sites excluding steroid dienone is 4. The molecule has 0 aliphatic rings. The van der Waals surface area contributed by atoms with Crippen LogP contribution in [0, 0.1) is 0 Å². The highest BCUT2D eigenvalue weighted by Gasteiger charge is 2.32. The molecule has 1 nitrogen and oxygen atoms in total. The molecule has 0 aromatic heterocycles. The zero-order chi connectivity index (χ0) is 34.8. The molecule has 0 heterocycles. The number of benzene rings is 2. The maximum Gasteiger partial charge on any atom is 0.137 e. The highest BCUT2D eigenvalue weighted by molar-refractivity contribution is 5.58. The van der Waals surface area contributed by atoms with Crippen molar-refractivity contribution in [1.29, 1.82) is 0 Å². The van der Waals surface area contributed by atoms with Crippen LogP contribution in [0.3, 0.4) is 0 Å². The molecule has 0 atom stereocenters. The van der Waals surface area contributed by atoms with Gasteiger partial charge in [0.15, 0.2) is 0 Å². The SMILES string of the molecule is CCCCCCCC/C=C\CCCCCCCC[N+](CCCCCCCC/C=C\CCCCCCCC)(c1ccccc1)c1ccccc1. The molecule has 0 amide bonds. The fourth-order valence-corrected chi connectivity index (χ4v) is 7.46. The van der Waals surface area contributed by atoms with Crippen molar-refractivity contribution >= 4 is 11.4 Å². The summed E-state index contributed by atoms with van der Waals surface area (Å²) in [5, 5.41) is 0. The first-order valence-electron chi connectivity index (χ1n) is 21.6. The van der Waals surface area contributed by atoms with Gasteiger partial charge < -0.3 is 0 Å². The van der Waals surface area contributed by atoms with Crippen molar-refractivity contribution in [3.05, 3.63) is 85.0 Å². The minimum Gasteiger partial charge on any atom is -0.259 e. The van der Waals surface area contributed by atoms with Crippen LogP contribution in [0.1, 0.15) is 194 Å². The average molecular weight is 671 g/mol. The fourth-order valence-electron chi connectivity index (χ4n) is 7.46. The molecule has 276 valence electrons. The molecule has 0 aliphatic carbocycles. The van der Waals surface area contributed by atoms with Crippen LogP contribution in [0.5, 0.6) is 0 Å². The van der Waals surface area contributed by atoms with Gasteiger partial charge in [0.25, 0.3) is 0 Å². The van der Waals surface area contributed by atoms with Crippen molar-refractivity contribution < 1.29 is 0 Å². The third-order valence-electron chi connectivity index (χ3n) is 10.6. The molecule has 49 heavy (non-hydrogen) atoms. The second kappa shape index (κ2) is 31.8. The van der Waals surface area contributed by atoms with E-state index in [9.17, 15) is 0 Å². The minimum atomic E-state index is 1.01. The third-order valence-corrected chi connectivity index (χ3v) is 10.6. The summed E-state index contributed by atoms with van der Waals surface area (Å²) in [5.41, 5.74) is 2.93. The van der Waals surface area contributed by atoms with Gasteiger partial charge in [-0.25, -0.2) is 0 Å². The zero-order valence-corrected chi connectivity index (χ0v) is 32.7. The number of quaternary nitrogens is 1. The lowest BCUT2D eigenvalue weighted by Crippen LogP contribution is -2.46. The Morgan fingerprint density at radius 2 is 0.592 bits per heavy atom. The van der Waals surface area contributed by atoms with Gasteiger partial charge in [0, 0.05) is 0 Å². The van der Waals surface area contributed by atoms with E-state index in [4.69, 9.17) is 0 Å². The van der Waals surface area contributed by atoms with Crippen molar-refractivity contribution in [2.75, 3.05) is 13.1 Å². The standard InChI is InChI=1S/C48H80N/c1-3-5-7-9-11-13-15-17-19-21-23-25-27-29-31-39-45-49(47-41-35-33-36-42-47,48-43-37-34-38-44-48)46-40-32-30-28-26-24-22-20-18-16-14-12-10-8-6-4-2/h17-20,33-38,41-44H,3-16,21-32,39-40,45-46H2,1-2H3/q+1/b19-17-,20-18-. The monoisotopic (exact) mass is 671 g/mol. The van der Waals surface area contributed by atoms with Gasteiger partial charge in [0.1, 0.15) is 11.4 Å². The quantitative estimate of drug-likeness (QED) is 0.0395. The highest BCUT2D eigenvalue weighted by atomic mass is 15.4. The summed E-state index contributed by atoms with van der Waals surface area (Å²) in [6, 6.07) is 22.9. The number of para-hydroxylation sites is 2. The second-order valence-corrected chi connectivity index (χ2v) is 15.0. The van der Waals surface area contributed by atoms with Crippen molar-refractivity contribution in [1.82, 2.24) is 4.48 Å². The van der Waals surface area contributed by atoms with E-state index in [1.807, 2.05) is 0 Å². The van der Waals surface area contributed by atoms with E-state index in [1.54, 1.807) is 0 Å². The summed E-state index contributed by atoms with van der Waals surface area (Å²) in [4.78, 5) is 0. The Balaban J connectivity index is 1.69. The summed E-state index contributed by atoms with van der Waals surface area (Å²) in [5.74, 6) is 0. The van der Waals surface area contributed by atoms with Crippen LogP contribution in [0.15, 0.2) is 85.0 Å². The Morgan fingerprint density at radius 3 is 0.898 bits per heavy atom.